The third-order valence-electron chi connectivity index (χ3n) is 4.21. The van der Waals surface area contributed by atoms with E-state index in [0.29, 0.717) is 37.4 Å². The number of allylic oxidation sites excluding steroid dienone is 1. The maximum absolute atomic E-state index is 12.2. The predicted molar refractivity (Wildman–Crippen MR) is 99.8 cm³/mol. The minimum Gasteiger partial charge on any atom is -0.416 e. The number of carbonyl (C=O) groups excluding carboxylic acids is 2. The Morgan fingerprint density at radius 2 is 2.04 bits per heavy atom. The Balaban J connectivity index is 1.49. The van der Waals surface area contributed by atoms with Crippen LogP contribution in [0.1, 0.15) is 19.8 Å². The highest BCUT2D eigenvalue weighted by molar-refractivity contribution is 5.92. The third-order valence-corrected chi connectivity index (χ3v) is 4.21. The van der Waals surface area contributed by atoms with Gasteiger partial charge in [-0.25, -0.2) is 9.59 Å². The summed E-state index contributed by atoms with van der Waals surface area (Å²) in [6.07, 6.45) is 2.71. The summed E-state index contributed by atoms with van der Waals surface area (Å²) in [4.78, 5) is 29.9. The van der Waals surface area contributed by atoms with Gasteiger partial charge in [-0.3, -0.25) is 4.98 Å². The summed E-state index contributed by atoms with van der Waals surface area (Å²) in [5.41, 5.74) is 1.60. The second-order valence-corrected chi connectivity index (χ2v) is 6.34. The SMILES string of the molecule is C=C(C)OC(=O)N1CCC(NC(=O)Nc2ccc3ncccc3c2)CC1. The van der Waals surface area contributed by atoms with Crippen LogP contribution in [0, 0.1) is 0 Å². The van der Waals surface area contributed by atoms with Gasteiger partial charge < -0.3 is 20.3 Å². The van der Waals surface area contributed by atoms with Gasteiger partial charge in [0.05, 0.1) is 11.3 Å². The maximum Gasteiger partial charge on any atom is 0.414 e. The van der Waals surface area contributed by atoms with Gasteiger partial charge in [0.25, 0.3) is 0 Å². The molecule has 0 unspecified atom stereocenters. The van der Waals surface area contributed by atoms with Crippen LogP contribution in [0.4, 0.5) is 15.3 Å². The van der Waals surface area contributed by atoms with E-state index in [0.717, 1.165) is 10.9 Å². The number of urea groups is 1. The molecule has 2 heterocycles. The van der Waals surface area contributed by atoms with E-state index in [4.69, 9.17) is 4.74 Å². The molecule has 1 aromatic carbocycles. The largest absolute Gasteiger partial charge is 0.416 e. The van der Waals surface area contributed by atoms with Gasteiger partial charge in [-0.05, 0) is 44.0 Å². The number of ether oxygens (including phenoxy) is 1. The summed E-state index contributed by atoms with van der Waals surface area (Å²) >= 11 is 0. The topological polar surface area (TPSA) is 83.6 Å². The molecule has 1 aromatic heterocycles. The first-order valence-electron chi connectivity index (χ1n) is 8.56. The van der Waals surface area contributed by atoms with Crippen LogP contribution in [0.15, 0.2) is 48.9 Å². The minimum atomic E-state index is -0.384. The molecule has 3 amide bonds. The van der Waals surface area contributed by atoms with Gasteiger partial charge in [0.2, 0.25) is 0 Å². The monoisotopic (exact) mass is 354 g/mol. The first-order chi connectivity index (χ1) is 12.5. The molecule has 0 atom stereocenters. The van der Waals surface area contributed by atoms with Gasteiger partial charge in [-0.1, -0.05) is 12.6 Å². The van der Waals surface area contributed by atoms with Gasteiger partial charge in [0.15, 0.2) is 0 Å². The Hall–Kier alpha value is -3.09. The molecule has 0 saturated carbocycles. The molecule has 1 aliphatic rings. The van der Waals surface area contributed by atoms with E-state index < -0.39 is 0 Å². The molecule has 7 nitrogen and oxygen atoms in total. The van der Waals surface area contributed by atoms with Crippen molar-refractivity contribution in [1.82, 2.24) is 15.2 Å². The van der Waals surface area contributed by atoms with Crippen molar-refractivity contribution >= 4 is 28.7 Å². The zero-order valence-electron chi connectivity index (χ0n) is 14.7. The summed E-state index contributed by atoms with van der Waals surface area (Å²) in [6.45, 7) is 6.28. The second kappa shape index (κ2) is 7.86. The van der Waals surface area contributed by atoms with Crippen LogP contribution in [0.3, 0.4) is 0 Å². The molecule has 0 aliphatic carbocycles. The number of hydrogen-bond acceptors (Lipinski definition) is 4. The van der Waals surface area contributed by atoms with E-state index in [1.165, 1.54) is 0 Å². The highest BCUT2D eigenvalue weighted by Crippen LogP contribution is 2.17. The number of likely N-dealkylation sites (tertiary alicyclic amines) is 1. The number of nitrogens with one attached hydrogen (secondary N) is 2. The summed E-state index contributed by atoms with van der Waals surface area (Å²) in [5, 5.41) is 6.77. The Labute approximate surface area is 152 Å². The summed E-state index contributed by atoms with van der Waals surface area (Å²) in [7, 11) is 0. The van der Waals surface area contributed by atoms with Gasteiger partial charge in [0, 0.05) is 36.4 Å². The number of benzene rings is 1. The van der Waals surface area contributed by atoms with Crippen LogP contribution in [0.5, 0.6) is 0 Å². The molecule has 3 rings (SSSR count). The van der Waals surface area contributed by atoms with E-state index in [1.807, 2.05) is 30.3 Å². The van der Waals surface area contributed by atoms with E-state index in [-0.39, 0.29) is 18.2 Å². The number of piperidine rings is 1. The van der Waals surface area contributed by atoms with Crippen molar-refractivity contribution in [3.63, 3.8) is 0 Å². The van der Waals surface area contributed by atoms with Crippen molar-refractivity contribution in [2.45, 2.75) is 25.8 Å². The smallest absolute Gasteiger partial charge is 0.414 e. The average molecular weight is 354 g/mol. The average Bonchev–Trinajstić information content (AvgIpc) is 2.61. The summed E-state index contributed by atoms with van der Waals surface area (Å²) in [6, 6.07) is 9.16. The lowest BCUT2D eigenvalue weighted by Crippen LogP contribution is -2.47. The first-order valence-corrected chi connectivity index (χ1v) is 8.56. The fourth-order valence-corrected chi connectivity index (χ4v) is 2.93. The Bertz CT molecular complexity index is 828. The van der Waals surface area contributed by atoms with Crippen LogP contribution in [0.25, 0.3) is 10.9 Å². The van der Waals surface area contributed by atoms with Gasteiger partial charge in [0.1, 0.15) is 0 Å². The fraction of sp³-hybridized carbons (Fsp3) is 0.316. The third kappa shape index (κ3) is 4.50. The van der Waals surface area contributed by atoms with Crippen molar-refractivity contribution in [2.75, 3.05) is 18.4 Å². The number of anilines is 1. The number of amides is 3. The predicted octanol–water partition coefficient (Wildman–Crippen LogP) is 3.49. The number of nitrogens with zero attached hydrogens (tertiary/aromatic N) is 2. The number of fused-ring (bicyclic) bond motifs is 1. The van der Waals surface area contributed by atoms with Crippen LogP contribution in [-0.4, -0.2) is 41.1 Å². The Kier molecular flexibility index (Phi) is 5.36. The van der Waals surface area contributed by atoms with Gasteiger partial charge in [-0.2, -0.15) is 0 Å². The second-order valence-electron chi connectivity index (χ2n) is 6.34. The zero-order chi connectivity index (χ0) is 18.5. The number of aromatic nitrogens is 1. The number of rotatable bonds is 3. The summed E-state index contributed by atoms with van der Waals surface area (Å²) < 4.78 is 5.01. The Morgan fingerprint density at radius 3 is 2.77 bits per heavy atom. The molecule has 1 aliphatic heterocycles. The lowest BCUT2D eigenvalue weighted by molar-refractivity contribution is 0.115. The van der Waals surface area contributed by atoms with Crippen LogP contribution < -0.4 is 10.6 Å². The van der Waals surface area contributed by atoms with Crippen molar-refractivity contribution in [1.29, 1.82) is 0 Å². The van der Waals surface area contributed by atoms with E-state index in [1.54, 1.807) is 18.0 Å². The quantitative estimate of drug-likeness (QED) is 0.827. The van der Waals surface area contributed by atoms with Crippen molar-refractivity contribution in [3.8, 4) is 0 Å². The number of carbonyl (C=O) groups is 2. The van der Waals surface area contributed by atoms with Crippen molar-refractivity contribution in [2.24, 2.45) is 0 Å². The normalized spacial score (nSPS) is 14.7. The van der Waals surface area contributed by atoms with Crippen LogP contribution >= 0.6 is 0 Å². The highest BCUT2D eigenvalue weighted by Gasteiger charge is 2.24. The standard InChI is InChI=1S/C19H22N4O3/c1-13(2)26-19(25)23-10-7-15(8-11-23)21-18(24)22-16-5-6-17-14(12-16)4-3-9-20-17/h3-6,9,12,15H,1,7-8,10-11H2,2H3,(H2,21,22,24). The van der Waals surface area contributed by atoms with Crippen LogP contribution in [-0.2, 0) is 4.74 Å². The van der Waals surface area contributed by atoms with E-state index >= 15 is 0 Å². The number of pyridine rings is 1. The molecule has 0 spiro atoms. The van der Waals surface area contributed by atoms with Gasteiger partial charge in [-0.15, -0.1) is 0 Å². The molecule has 136 valence electrons. The summed E-state index contributed by atoms with van der Waals surface area (Å²) in [5.74, 6) is 0.375. The molecule has 2 N–H and O–H groups in total. The molecule has 0 bridgehead atoms. The van der Waals surface area contributed by atoms with Crippen LogP contribution in [0.2, 0.25) is 0 Å². The molecule has 0 radical (unpaired) electrons. The molecule has 2 aromatic rings. The molecular formula is C19H22N4O3. The molecule has 26 heavy (non-hydrogen) atoms. The highest BCUT2D eigenvalue weighted by atomic mass is 16.6. The lowest BCUT2D eigenvalue weighted by atomic mass is 10.1. The van der Waals surface area contributed by atoms with Gasteiger partial charge >= 0.3 is 12.1 Å². The first kappa shape index (κ1) is 17.7. The minimum absolute atomic E-state index is 0.0194. The maximum atomic E-state index is 12.2. The fourth-order valence-electron chi connectivity index (χ4n) is 2.93. The molecular weight excluding hydrogens is 332 g/mol. The van der Waals surface area contributed by atoms with E-state index in [2.05, 4.69) is 22.2 Å². The zero-order valence-corrected chi connectivity index (χ0v) is 14.7. The molecule has 7 heteroatoms. The van der Waals surface area contributed by atoms with Crippen molar-refractivity contribution in [3.05, 3.63) is 48.9 Å². The lowest BCUT2D eigenvalue weighted by Gasteiger charge is -2.31. The molecule has 1 fully saturated rings. The van der Waals surface area contributed by atoms with Crippen molar-refractivity contribution < 1.29 is 14.3 Å². The van der Waals surface area contributed by atoms with E-state index in [9.17, 15) is 9.59 Å². The number of hydrogen-bond donors (Lipinski definition) is 2. The molecule has 1 saturated heterocycles. The Morgan fingerprint density at radius 1 is 1.27 bits per heavy atom.